The van der Waals surface area contributed by atoms with Crippen LogP contribution in [-0.4, -0.2) is 32.8 Å². The van der Waals surface area contributed by atoms with E-state index in [2.05, 4.69) is 20.3 Å². The van der Waals surface area contributed by atoms with E-state index in [1.165, 1.54) is 0 Å². The first-order valence-corrected chi connectivity index (χ1v) is 5.65. The van der Waals surface area contributed by atoms with E-state index >= 15 is 0 Å². The number of aromatic nitrogens is 2. The second kappa shape index (κ2) is 4.63. The molecule has 2 rings (SSSR count). The van der Waals surface area contributed by atoms with Gasteiger partial charge in [0.05, 0.1) is 12.0 Å². The minimum Gasteiger partial charge on any atom is -0.481 e. The van der Waals surface area contributed by atoms with Crippen LogP contribution in [0.15, 0.2) is 4.63 Å². The number of carboxylic acids is 1. The second-order valence-electron chi connectivity index (χ2n) is 4.51. The monoisotopic (exact) mass is 254 g/mol. The van der Waals surface area contributed by atoms with Crippen LogP contribution in [0, 0.1) is 0 Å². The van der Waals surface area contributed by atoms with Gasteiger partial charge in [0.1, 0.15) is 0 Å². The Morgan fingerprint density at radius 1 is 1.39 bits per heavy atom. The van der Waals surface area contributed by atoms with Gasteiger partial charge < -0.3 is 16.2 Å². The molecule has 0 aromatic carbocycles. The molecule has 0 spiro atoms. The third-order valence-electron chi connectivity index (χ3n) is 3.16. The molecule has 1 saturated carbocycles. The van der Waals surface area contributed by atoms with Crippen LogP contribution in [0.3, 0.4) is 0 Å². The minimum absolute atomic E-state index is 0.101. The lowest BCUT2D eigenvalue weighted by Gasteiger charge is -2.28. The van der Waals surface area contributed by atoms with Gasteiger partial charge in [0.2, 0.25) is 11.5 Å². The topological polar surface area (TPSA) is 131 Å². The number of nitrogens with two attached hydrogens (primary N) is 1. The SMILES string of the molecule is Nc1nonc1C(=O)NC1(CC(=O)O)CCCC1. The molecule has 0 radical (unpaired) electrons. The highest BCUT2D eigenvalue weighted by Gasteiger charge is 2.38. The van der Waals surface area contributed by atoms with Gasteiger partial charge in [-0.05, 0) is 23.2 Å². The number of carboxylic acid groups (broad SMARTS) is 1. The molecule has 0 atom stereocenters. The summed E-state index contributed by atoms with van der Waals surface area (Å²) < 4.78 is 4.34. The molecule has 98 valence electrons. The highest BCUT2D eigenvalue weighted by molar-refractivity contribution is 5.96. The first kappa shape index (κ1) is 12.3. The number of nitrogens with one attached hydrogen (secondary N) is 1. The van der Waals surface area contributed by atoms with E-state index in [4.69, 9.17) is 10.8 Å². The van der Waals surface area contributed by atoms with Gasteiger partial charge in [0.25, 0.3) is 5.91 Å². The molecular formula is C10H14N4O4. The van der Waals surface area contributed by atoms with Crippen LogP contribution in [0.5, 0.6) is 0 Å². The third-order valence-corrected chi connectivity index (χ3v) is 3.16. The first-order valence-electron chi connectivity index (χ1n) is 5.65. The lowest BCUT2D eigenvalue weighted by Crippen LogP contribution is -2.48. The van der Waals surface area contributed by atoms with E-state index in [0.29, 0.717) is 12.8 Å². The summed E-state index contributed by atoms with van der Waals surface area (Å²) in [6.45, 7) is 0. The molecule has 1 fully saturated rings. The number of carbonyl (C=O) groups is 2. The molecule has 0 unspecified atom stereocenters. The van der Waals surface area contributed by atoms with Crippen molar-refractivity contribution >= 4 is 17.7 Å². The standard InChI is InChI=1S/C10H14N4O4/c11-8-7(13-18-14-8)9(17)12-10(5-6(15)16)3-1-2-4-10/h1-5H2,(H2,11,14)(H,12,17)(H,15,16). The summed E-state index contributed by atoms with van der Waals surface area (Å²) in [6.07, 6.45) is 2.94. The summed E-state index contributed by atoms with van der Waals surface area (Å²) >= 11 is 0. The Balaban J connectivity index is 2.12. The number of carbonyl (C=O) groups excluding carboxylic acids is 1. The molecule has 18 heavy (non-hydrogen) atoms. The predicted molar refractivity (Wildman–Crippen MR) is 59.6 cm³/mol. The Morgan fingerprint density at radius 2 is 2.06 bits per heavy atom. The van der Waals surface area contributed by atoms with E-state index in [0.717, 1.165) is 12.8 Å². The zero-order chi connectivity index (χ0) is 13.2. The van der Waals surface area contributed by atoms with Crippen molar-refractivity contribution in [3.8, 4) is 0 Å². The number of amides is 1. The number of aliphatic carboxylic acids is 1. The van der Waals surface area contributed by atoms with Crippen LogP contribution in [-0.2, 0) is 4.79 Å². The lowest BCUT2D eigenvalue weighted by molar-refractivity contribution is -0.138. The van der Waals surface area contributed by atoms with Crippen LogP contribution in [0.1, 0.15) is 42.6 Å². The highest BCUT2D eigenvalue weighted by atomic mass is 16.6. The van der Waals surface area contributed by atoms with E-state index in [1.54, 1.807) is 0 Å². The number of nitrogens with zero attached hydrogens (tertiary/aromatic N) is 2. The minimum atomic E-state index is -0.941. The van der Waals surface area contributed by atoms with Gasteiger partial charge in [-0.1, -0.05) is 12.8 Å². The molecule has 1 aliphatic carbocycles. The summed E-state index contributed by atoms with van der Waals surface area (Å²) in [6, 6.07) is 0. The van der Waals surface area contributed by atoms with Crippen LogP contribution in [0.2, 0.25) is 0 Å². The van der Waals surface area contributed by atoms with Crippen LogP contribution in [0.25, 0.3) is 0 Å². The summed E-state index contributed by atoms with van der Waals surface area (Å²) in [5.41, 5.74) is 4.60. The third kappa shape index (κ3) is 2.41. The molecule has 8 nitrogen and oxygen atoms in total. The molecule has 1 heterocycles. The molecule has 0 saturated heterocycles. The number of hydrogen-bond acceptors (Lipinski definition) is 6. The Hall–Kier alpha value is -2.12. The van der Waals surface area contributed by atoms with E-state index < -0.39 is 17.4 Å². The van der Waals surface area contributed by atoms with Crippen LogP contribution >= 0.6 is 0 Å². The van der Waals surface area contributed by atoms with E-state index in [9.17, 15) is 9.59 Å². The van der Waals surface area contributed by atoms with Gasteiger partial charge in [-0.25, -0.2) is 4.63 Å². The number of hydrogen-bond donors (Lipinski definition) is 3. The maximum Gasteiger partial charge on any atom is 0.305 e. The Morgan fingerprint density at radius 3 is 2.56 bits per heavy atom. The average molecular weight is 254 g/mol. The molecule has 0 aliphatic heterocycles. The Bertz CT molecular complexity index is 464. The maximum absolute atomic E-state index is 11.9. The fourth-order valence-electron chi connectivity index (χ4n) is 2.34. The fourth-order valence-corrected chi connectivity index (χ4v) is 2.34. The molecule has 8 heteroatoms. The number of rotatable bonds is 4. The van der Waals surface area contributed by atoms with Gasteiger partial charge in [0.15, 0.2) is 0 Å². The van der Waals surface area contributed by atoms with Crippen molar-refractivity contribution < 1.29 is 19.3 Å². The van der Waals surface area contributed by atoms with Gasteiger partial charge in [0, 0.05) is 0 Å². The average Bonchev–Trinajstić information content (AvgIpc) is 2.86. The zero-order valence-corrected chi connectivity index (χ0v) is 9.68. The second-order valence-corrected chi connectivity index (χ2v) is 4.51. The van der Waals surface area contributed by atoms with Gasteiger partial charge >= 0.3 is 5.97 Å². The summed E-state index contributed by atoms with van der Waals surface area (Å²) in [7, 11) is 0. The predicted octanol–water partition coefficient (Wildman–Crippen LogP) is 0.169. The van der Waals surface area contributed by atoms with Crippen molar-refractivity contribution in [2.75, 3.05) is 5.73 Å². The lowest BCUT2D eigenvalue weighted by atomic mass is 9.93. The van der Waals surface area contributed by atoms with Crippen molar-refractivity contribution in [2.24, 2.45) is 0 Å². The highest BCUT2D eigenvalue weighted by Crippen LogP contribution is 2.33. The number of anilines is 1. The van der Waals surface area contributed by atoms with Crippen molar-refractivity contribution in [3.05, 3.63) is 5.69 Å². The zero-order valence-electron chi connectivity index (χ0n) is 9.68. The Kier molecular flexibility index (Phi) is 3.17. The molecule has 1 aliphatic rings. The van der Waals surface area contributed by atoms with Gasteiger partial charge in [-0.15, -0.1) is 0 Å². The van der Waals surface area contributed by atoms with Crippen LogP contribution < -0.4 is 11.1 Å². The summed E-state index contributed by atoms with van der Waals surface area (Å²) in [5, 5.41) is 18.3. The quantitative estimate of drug-likeness (QED) is 0.697. The van der Waals surface area contributed by atoms with Gasteiger partial charge in [-0.3, -0.25) is 9.59 Å². The van der Waals surface area contributed by atoms with Crippen LogP contribution in [0.4, 0.5) is 5.82 Å². The fraction of sp³-hybridized carbons (Fsp3) is 0.600. The molecular weight excluding hydrogens is 240 g/mol. The summed E-state index contributed by atoms with van der Waals surface area (Å²) in [4.78, 5) is 22.8. The molecule has 1 amide bonds. The maximum atomic E-state index is 11.9. The largest absolute Gasteiger partial charge is 0.481 e. The van der Waals surface area contributed by atoms with Gasteiger partial charge in [-0.2, -0.15) is 0 Å². The molecule has 4 N–H and O–H groups in total. The molecule has 1 aromatic rings. The van der Waals surface area contributed by atoms with Crippen molar-refractivity contribution in [1.29, 1.82) is 0 Å². The smallest absolute Gasteiger partial charge is 0.305 e. The van der Waals surface area contributed by atoms with Crippen molar-refractivity contribution in [2.45, 2.75) is 37.6 Å². The first-order chi connectivity index (χ1) is 8.52. The van der Waals surface area contributed by atoms with E-state index in [1.807, 2.05) is 0 Å². The van der Waals surface area contributed by atoms with Crippen molar-refractivity contribution in [3.63, 3.8) is 0 Å². The molecule has 1 aromatic heterocycles. The number of nitrogen functional groups attached to an aromatic ring is 1. The molecule has 0 bridgehead atoms. The normalized spacial score (nSPS) is 17.6. The van der Waals surface area contributed by atoms with Crippen molar-refractivity contribution in [1.82, 2.24) is 15.6 Å². The Labute approximate surface area is 102 Å². The van der Waals surface area contributed by atoms with E-state index in [-0.39, 0.29) is 17.9 Å². The summed E-state index contributed by atoms with van der Waals surface area (Å²) in [5.74, 6) is -1.59.